The summed E-state index contributed by atoms with van der Waals surface area (Å²) in [4.78, 5) is 10.6. The van der Waals surface area contributed by atoms with Crippen LogP contribution in [0.3, 0.4) is 0 Å². The predicted octanol–water partition coefficient (Wildman–Crippen LogP) is 2.90. The minimum atomic E-state index is -0.919. The lowest BCUT2D eigenvalue weighted by Crippen LogP contribution is -2.54. The monoisotopic (exact) mass is 250 g/mol. The van der Waals surface area contributed by atoms with Gasteiger partial charge in [0.25, 0.3) is 0 Å². The van der Waals surface area contributed by atoms with Crippen LogP contribution in [0.15, 0.2) is 24.3 Å². The number of rotatable bonds is 2. The van der Waals surface area contributed by atoms with Crippen LogP contribution < -0.4 is 0 Å². The first kappa shape index (κ1) is 13.3. The SMILES string of the molecule is C=C1CCCC2(C)CCC(C=CC(=O)O)CC12O. The molecule has 100 valence electrons. The van der Waals surface area contributed by atoms with Crippen molar-refractivity contribution >= 4 is 5.97 Å². The van der Waals surface area contributed by atoms with Crippen molar-refractivity contribution in [3.8, 4) is 0 Å². The molecule has 0 aromatic heterocycles. The van der Waals surface area contributed by atoms with Gasteiger partial charge < -0.3 is 10.2 Å². The molecule has 0 radical (unpaired) electrons. The van der Waals surface area contributed by atoms with Crippen LogP contribution >= 0.6 is 0 Å². The Balaban J connectivity index is 2.18. The van der Waals surface area contributed by atoms with E-state index in [1.54, 1.807) is 6.08 Å². The highest BCUT2D eigenvalue weighted by Crippen LogP contribution is 2.56. The maximum absolute atomic E-state index is 11.0. The summed E-state index contributed by atoms with van der Waals surface area (Å²) in [5.74, 6) is -0.771. The molecule has 3 heteroatoms. The summed E-state index contributed by atoms with van der Waals surface area (Å²) in [6.07, 6.45) is 8.47. The highest BCUT2D eigenvalue weighted by Gasteiger charge is 2.53. The van der Waals surface area contributed by atoms with E-state index in [1.165, 1.54) is 6.08 Å². The Labute approximate surface area is 108 Å². The first-order chi connectivity index (χ1) is 8.37. The number of carbonyl (C=O) groups is 1. The third-order valence-corrected chi connectivity index (χ3v) is 4.93. The molecule has 0 amide bonds. The Morgan fingerprint density at radius 2 is 2.22 bits per heavy atom. The van der Waals surface area contributed by atoms with Crippen molar-refractivity contribution in [3.05, 3.63) is 24.3 Å². The molecule has 0 aromatic carbocycles. The average molecular weight is 250 g/mol. The molecule has 0 bridgehead atoms. The number of aliphatic hydroxyl groups is 1. The normalized spacial score (nSPS) is 40.8. The number of carboxylic acid groups (broad SMARTS) is 1. The van der Waals surface area contributed by atoms with Crippen molar-refractivity contribution in [1.29, 1.82) is 0 Å². The first-order valence-corrected chi connectivity index (χ1v) is 6.69. The van der Waals surface area contributed by atoms with Crippen molar-refractivity contribution in [2.45, 2.75) is 51.0 Å². The Morgan fingerprint density at radius 3 is 2.89 bits per heavy atom. The number of hydrogen-bond donors (Lipinski definition) is 2. The summed E-state index contributed by atoms with van der Waals surface area (Å²) in [6.45, 7) is 6.20. The van der Waals surface area contributed by atoms with E-state index in [-0.39, 0.29) is 11.3 Å². The molecule has 2 fully saturated rings. The second kappa shape index (κ2) is 4.54. The van der Waals surface area contributed by atoms with Gasteiger partial charge in [-0.2, -0.15) is 0 Å². The minimum absolute atomic E-state index is 0.0735. The van der Waals surface area contributed by atoms with E-state index in [0.717, 1.165) is 37.7 Å². The second-order valence-corrected chi connectivity index (χ2v) is 6.08. The predicted molar refractivity (Wildman–Crippen MR) is 70.2 cm³/mol. The lowest BCUT2D eigenvalue weighted by atomic mass is 9.54. The van der Waals surface area contributed by atoms with Gasteiger partial charge in [-0.3, -0.25) is 0 Å². The van der Waals surface area contributed by atoms with E-state index in [0.29, 0.717) is 6.42 Å². The zero-order chi connectivity index (χ0) is 13.4. The number of carboxylic acids is 1. The van der Waals surface area contributed by atoms with Crippen LogP contribution in [0.1, 0.15) is 45.4 Å². The summed E-state index contributed by atoms with van der Waals surface area (Å²) in [5, 5.41) is 19.7. The van der Waals surface area contributed by atoms with E-state index in [9.17, 15) is 9.90 Å². The Bertz CT molecular complexity index is 399. The highest BCUT2D eigenvalue weighted by molar-refractivity contribution is 5.79. The molecule has 2 N–H and O–H groups in total. The van der Waals surface area contributed by atoms with Crippen LogP contribution in [-0.4, -0.2) is 21.8 Å². The molecule has 3 nitrogen and oxygen atoms in total. The fourth-order valence-corrected chi connectivity index (χ4v) is 3.62. The van der Waals surface area contributed by atoms with Gasteiger partial charge in [0.15, 0.2) is 0 Å². The van der Waals surface area contributed by atoms with E-state index < -0.39 is 11.6 Å². The molecule has 2 saturated carbocycles. The zero-order valence-electron chi connectivity index (χ0n) is 11.0. The minimum Gasteiger partial charge on any atom is -0.478 e. The molecule has 0 saturated heterocycles. The maximum Gasteiger partial charge on any atom is 0.327 e. The molecule has 0 aromatic rings. The van der Waals surface area contributed by atoms with Crippen LogP contribution in [0.25, 0.3) is 0 Å². The van der Waals surface area contributed by atoms with E-state index in [2.05, 4.69) is 13.5 Å². The topological polar surface area (TPSA) is 57.5 Å². The smallest absolute Gasteiger partial charge is 0.327 e. The molecule has 0 aliphatic heterocycles. The van der Waals surface area contributed by atoms with Crippen LogP contribution in [0.4, 0.5) is 0 Å². The summed E-state index contributed by atoms with van der Waals surface area (Å²) in [6, 6.07) is 0. The quantitative estimate of drug-likeness (QED) is 0.585. The largest absolute Gasteiger partial charge is 0.478 e. The summed E-state index contributed by atoms with van der Waals surface area (Å²) < 4.78 is 0. The molecule has 3 unspecified atom stereocenters. The van der Waals surface area contributed by atoms with Crippen molar-refractivity contribution in [1.82, 2.24) is 0 Å². The lowest BCUT2D eigenvalue weighted by molar-refractivity contribution is -0.131. The van der Waals surface area contributed by atoms with Gasteiger partial charge in [0.2, 0.25) is 0 Å². The Kier molecular flexibility index (Phi) is 3.37. The highest BCUT2D eigenvalue weighted by atomic mass is 16.4. The van der Waals surface area contributed by atoms with E-state index in [1.807, 2.05) is 0 Å². The van der Waals surface area contributed by atoms with Gasteiger partial charge in [-0.1, -0.05) is 19.6 Å². The van der Waals surface area contributed by atoms with Crippen LogP contribution in [-0.2, 0) is 4.79 Å². The molecule has 2 aliphatic rings. The lowest BCUT2D eigenvalue weighted by Gasteiger charge is -2.54. The van der Waals surface area contributed by atoms with E-state index in [4.69, 9.17) is 5.11 Å². The number of aliphatic carboxylic acids is 1. The molecule has 3 atom stereocenters. The van der Waals surface area contributed by atoms with Gasteiger partial charge in [0, 0.05) is 11.5 Å². The summed E-state index contributed by atoms with van der Waals surface area (Å²) >= 11 is 0. The van der Waals surface area contributed by atoms with Gasteiger partial charge in [0.1, 0.15) is 0 Å². The fourth-order valence-electron chi connectivity index (χ4n) is 3.62. The molecular formula is C15H22O3. The molecule has 2 rings (SSSR count). The van der Waals surface area contributed by atoms with Gasteiger partial charge >= 0.3 is 5.97 Å². The van der Waals surface area contributed by atoms with Gasteiger partial charge in [-0.15, -0.1) is 0 Å². The third-order valence-electron chi connectivity index (χ3n) is 4.93. The van der Waals surface area contributed by atoms with Crippen molar-refractivity contribution < 1.29 is 15.0 Å². The maximum atomic E-state index is 11.0. The molecule has 2 aliphatic carbocycles. The van der Waals surface area contributed by atoms with Crippen molar-refractivity contribution in [2.24, 2.45) is 11.3 Å². The number of hydrogen-bond acceptors (Lipinski definition) is 2. The second-order valence-electron chi connectivity index (χ2n) is 6.08. The summed E-state index contributed by atoms with van der Waals surface area (Å²) in [7, 11) is 0. The van der Waals surface area contributed by atoms with Crippen LogP contribution in [0.5, 0.6) is 0 Å². The standard InChI is InChI=1S/C15H22O3/c1-11-4-3-8-14(2)9-7-12(5-6-13(16)17)10-15(11,14)18/h5-6,12,18H,1,3-4,7-10H2,2H3,(H,16,17). The number of allylic oxidation sites excluding steroid dienone is 1. The van der Waals surface area contributed by atoms with Crippen molar-refractivity contribution in [3.63, 3.8) is 0 Å². The van der Waals surface area contributed by atoms with Crippen LogP contribution in [0, 0.1) is 11.3 Å². The Hall–Kier alpha value is -1.09. The van der Waals surface area contributed by atoms with Gasteiger partial charge in [0.05, 0.1) is 5.60 Å². The summed E-state index contributed by atoms with van der Waals surface area (Å²) in [5.41, 5.74) is 0.0528. The zero-order valence-corrected chi connectivity index (χ0v) is 11.0. The molecule has 18 heavy (non-hydrogen) atoms. The van der Waals surface area contributed by atoms with Crippen LogP contribution in [0.2, 0.25) is 0 Å². The van der Waals surface area contributed by atoms with Gasteiger partial charge in [-0.25, -0.2) is 4.79 Å². The van der Waals surface area contributed by atoms with Crippen molar-refractivity contribution in [2.75, 3.05) is 0 Å². The number of fused-ring (bicyclic) bond motifs is 1. The fraction of sp³-hybridized carbons (Fsp3) is 0.667. The molecule has 0 spiro atoms. The molecular weight excluding hydrogens is 228 g/mol. The molecule has 0 heterocycles. The third kappa shape index (κ3) is 2.12. The Morgan fingerprint density at radius 1 is 1.50 bits per heavy atom. The van der Waals surface area contributed by atoms with Gasteiger partial charge in [-0.05, 0) is 50.0 Å². The first-order valence-electron chi connectivity index (χ1n) is 6.69. The average Bonchev–Trinajstić information content (AvgIpc) is 2.29. The van der Waals surface area contributed by atoms with E-state index >= 15 is 0 Å².